The molecule has 0 aromatic heterocycles. The third-order valence-electron chi connectivity index (χ3n) is 3.27. The fraction of sp³-hybridized carbons (Fsp3) is 0.900. The van der Waals surface area contributed by atoms with Gasteiger partial charge in [-0.3, -0.25) is 4.79 Å². The van der Waals surface area contributed by atoms with Crippen molar-refractivity contribution in [3.05, 3.63) is 0 Å². The van der Waals surface area contributed by atoms with Crippen molar-refractivity contribution in [2.75, 3.05) is 19.8 Å². The zero-order chi connectivity index (χ0) is 10.2. The second-order valence-corrected chi connectivity index (χ2v) is 5.00. The van der Waals surface area contributed by atoms with Crippen molar-refractivity contribution in [1.29, 1.82) is 0 Å². The fourth-order valence-electron chi connectivity index (χ4n) is 1.81. The van der Waals surface area contributed by atoms with Crippen molar-refractivity contribution in [1.82, 2.24) is 5.32 Å². The second kappa shape index (κ2) is 3.21. The molecule has 1 aliphatic heterocycles. The minimum absolute atomic E-state index is 0.0110. The van der Waals surface area contributed by atoms with Gasteiger partial charge in [0.05, 0.1) is 18.8 Å². The van der Waals surface area contributed by atoms with Gasteiger partial charge in [0.2, 0.25) is 5.91 Å². The molecule has 2 rings (SSSR count). The van der Waals surface area contributed by atoms with Gasteiger partial charge in [-0.15, -0.1) is 0 Å². The molecule has 0 bridgehead atoms. The molecule has 3 N–H and O–H groups in total. The number of amides is 1. The van der Waals surface area contributed by atoms with Crippen LogP contribution in [-0.4, -0.2) is 31.2 Å². The second-order valence-electron chi connectivity index (χ2n) is 5.00. The highest BCUT2D eigenvalue weighted by molar-refractivity contribution is 5.87. The smallest absolute Gasteiger partial charge is 0.240 e. The maximum Gasteiger partial charge on any atom is 0.240 e. The van der Waals surface area contributed by atoms with E-state index in [0.29, 0.717) is 6.54 Å². The van der Waals surface area contributed by atoms with Gasteiger partial charge < -0.3 is 15.8 Å². The van der Waals surface area contributed by atoms with Crippen LogP contribution in [-0.2, 0) is 9.53 Å². The Morgan fingerprint density at radius 1 is 1.50 bits per heavy atom. The molecule has 4 heteroatoms. The van der Waals surface area contributed by atoms with E-state index >= 15 is 0 Å². The van der Waals surface area contributed by atoms with E-state index in [1.807, 2.05) is 0 Å². The van der Waals surface area contributed by atoms with Crippen LogP contribution in [0.15, 0.2) is 0 Å². The molecule has 1 aliphatic carbocycles. The molecular formula is C10H18N2O2. The molecule has 14 heavy (non-hydrogen) atoms. The summed E-state index contributed by atoms with van der Waals surface area (Å²) in [7, 11) is 0. The highest BCUT2D eigenvalue weighted by atomic mass is 16.5. The molecule has 0 spiro atoms. The molecule has 80 valence electrons. The summed E-state index contributed by atoms with van der Waals surface area (Å²) in [5.74, 6) is 0.0110. The van der Waals surface area contributed by atoms with Gasteiger partial charge in [-0.1, -0.05) is 6.92 Å². The first-order chi connectivity index (χ1) is 6.54. The minimum Gasteiger partial charge on any atom is -0.380 e. The van der Waals surface area contributed by atoms with Crippen LogP contribution in [0.1, 0.15) is 26.2 Å². The number of carbonyl (C=O) groups excluding carboxylic acids is 1. The van der Waals surface area contributed by atoms with Crippen molar-refractivity contribution in [3.63, 3.8) is 0 Å². The maximum atomic E-state index is 11.7. The summed E-state index contributed by atoms with van der Waals surface area (Å²) in [5, 5.41) is 2.92. The topological polar surface area (TPSA) is 64.4 Å². The quantitative estimate of drug-likeness (QED) is 0.672. The molecule has 4 nitrogen and oxygen atoms in total. The third kappa shape index (κ3) is 1.64. The lowest BCUT2D eigenvalue weighted by molar-refractivity contribution is -0.134. The third-order valence-corrected chi connectivity index (χ3v) is 3.27. The van der Waals surface area contributed by atoms with Crippen LogP contribution in [0.3, 0.4) is 0 Å². The fourth-order valence-corrected chi connectivity index (χ4v) is 1.81. The molecule has 0 unspecified atom stereocenters. The van der Waals surface area contributed by atoms with E-state index in [9.17, 15) is 4.79 Å². The first kappa shape index (κ1) is 9.93. The number of hydrogen-bond acceptors (Lipinski definition) is 3. The van der Waals surface area contributed by atoms with Gasteiger partial charge >= 0.3 is 0 Å². The van der Waals surface area contributed by atoms with Crippen LogP contribution in [0.4, 0.5) is 0 Å². The van der Waals surface area contributed by atoms with Gasteiger partial charge in [0, 0.05) is 12.0 Å². The first-order valence-electron chi connectivity index (χ1n) is 5.19. The average Bonchev–Trinajstić information content (AvgIpc) is 2.07. The molecular weight excluding hydrogens is 180 g/mol. The molecule has 1 amide bonds. The molecule has 2 fully saturated rings. The minimum atomic E-state index is -0.568. The van der Waals surface area contributed by atoms with E-state index in [-0.39, 0.29) is 11.3 Å². The van der Waals surface area contributed by atoms with Crippen molar-refractivity contribution < 1.29 is 9.53 Å². The van der Waals surface area contributed by atoms with Gasteiger partial charge in [0.25, 0.3) is 0 Å². The molecule has 0 aromatic carbocycles. The number of rotatable bonds is 3. The Balaban J connectivity index is 1.77. The Morgan fingerprint density at radius 3 is 2.50 bits per heavy atom. The Labute approximate surface area is 84.2 Å². The molecule has 1 heterocycles. The molecule has 1 saturated heterocycles. The lowest BCUT2D eigenvalue weighted by Gasteiger charge is -2.41. The van der Waals surface area contributed by atoms with Gasteiger partial charge in [-0.25, -0.2) is 0 Å². The Hall–Kier alpha value is -0.610. The SMILES string of the molecule is CC1(CNC(=O)C2(N)CCC2)COC1. The lowest BCUT2D eigenvalue weighted by atomic mass is 9.76. The summed E-state index contributed by atoms with van der Waals surface area (Å²) in [6, 6.07) is 0. The van der Waals surface area contributed by atoms with E-state index in [1.165, 1.54) is 0 Å². The zero-order valence-corrected chi connectivity index (χ0v) is 8.64. The summed E-state index contributed by atoms with van der Waals surface area (Å²) in [6.45, 7) is 4.28. The van der Waals surface area contributed by atoms with Crippen LogP contribution >= 0.6 is 0 Å². The highest BCUT2D eigenvalue weighted by Crippen LogP contribution is 2.30. The number of nitrogens with one attached hydrogen (secondary N) is 1. The lowest BCUT2D eigenvalue weighted by Crippen LogP contribution is -2.60. The van der Waals surface area contributed by atoms with Crippen LogP contribution in [0.25, 0.3) is 0 Å². The number of carbonyl (C=O) groups is 1. The van der Waals surface area contributed by atoms with Crippen molar-refractivity contribution in [2.24, 2.45) is 11.1 Å². The van der Waals surface area contributed by atoms with Gasteiger partial charge in [0.1, 0.15) is 0 Å². The van der Waals surface area contributed by atoms with Crippen LogP contribution in [0.2, 0.25) is 0 Å². The predicted octanol–water partition coefficient (Wildman–Crippen LogP) is 0.0205. The van der Waals surface area contributed by atoms with Gasteiger partial charge in [-0.05, 0) is 19.3 Å². The molecule has 1 saturated carbocycles. The molecule has 2 aliphatic rings. The summed E-state index contributed by atoms with van der Waals surface area (Å²) in [4.78, 5) is 11.7. The number of nitrogens with two attached hydrogens (primary N) is 1. The Bertz CT molecular complexity index is 245. The van der Waals surface area contributed by atoms with E-state index < -0.39 is 5.54 Å². The van der Waals surface area contributed by atoms with E-state index in [0.717, 1.165) is 32.5 Å². The predicted molar refractivity (Wildman–Crippen MR) is 52.7 cm³/mol. The molecule has 0 atom stereocenters. The van der Waals surface area contributed by atoms with Gasteiger partial charge in [-0.2, -0.15) is 0 Å². The van der Waals surface area contributed by atoms with E-state index in [2.05, 4.69) is 12.2 Å². The van der Waals surface area contributed by atoms with Crippen LogP contribution < -0.4 is 11.1 Å². The normalized spacial score (nSPS) is 27.3. The standard InChI is InChI=1S/C10H18N2O2/c1-9(6-14-7-9)5-12-8(13)10(11)3-2-4-10/h2-7,11H2,1H3,(H,12,13). The molecule has 0 radical (unpaired) electrons. The van der Waals surface area contributed by atoms with E-state index in [1.54, 1.807) is 0 Å². The Kier molecular flexibility index (Phi) is 2.27. The summed E-state index contributed by atoms with van der Waals surface area (Å²) in [5.41, 5.74) is 5.46. The number of ether oxygens (including phenoxy) is 1. The summed E-state index contributed by atoms with van der Waals surface area (Å²) < 4.78 is 5.11. The maximum absolute atomic E-state index is 11.7. The van der Waals surface area contributed by atoms with Gasteiger partial charge in [0.15, 0.2) is 0 Å². The monoisotopic (exact) mass is 198 g/mol. The van der Waals surface area contributed by atoms with Crippen LogP contribution in [0.5, 0.6) is 0 Å². The summed E-state index contributed by atoms with van der Waals surface area (Å²) in [6.07, 6.45) is 2.72. The highest BCUT2D eigenvalue weighted by Gasteiger charge is 2.41. The van der Waals surface area contributed by atoms with Crippen molar-refractivity contribution >= 4 is 5.91 Å². The first-order valence-corrected chi connectivity index (χ1v) is 5.19. The van der Waals surface area contributed by atoms with Crippen molar-refractivity contribution in [2.45, 2.75) is 31.7 Å². The summed E-state index contributed by atoms with van der Waals surface area (Å²) >= 11 is 0. The molecule has 0 aromatic rings. The van der Waals surface area contributed by atoms with Crippen molar-refractivity contribution in [3.8, 4) is 0 Å². The zero-order valence-electron chi connectivity index (χ0n) is 8.64. The van der Waals surface area contributed by atoms with Crippen LogP contribution in [0, 0.1) is 5.41 Å². The number of hydrogen-bond donors (Lipinski definition) is 2. The van der Waals surface area contributed by atoms with E-state index in [4.69, 9.17) is 10.5 Å². The largest absolute Gasteiger partial charge is 0.380 e. The average molecular weight is 198 g/mol. The Morgan fingerprint density at radius 2 is 2.14 bits per heavy atom.